The number of aryl methyl sites for hydroxylation is 2. The Balaban J connectivity index is 1.69. The van der Waals surface area contributed by atoms with E-state index in [2.05, 4.69) is 36.9 Å². The quantitative estimate of drug-likeness (QED) is 0.607. The van der Waals surface area contributed by atoms with Gasteiger partial charge in [-0.25, -0.2) is 0 Å². The molecule has 26 heavy (non-hydrogen) atoms. The highest BCUT2D eigenvalue weighted by Gasteiger charge is 2.22. The van der Waals surface area contributed by atoms with Crippen molar-refractivity contribution < 1.29 is 8.42 Å². The van der Waals surface area contributed by atoms with Crippen LogP contribution in [0.2, 0.25) is 0 Å². The highest BCUT2D eigenvalue weighted by atomic mass is 79.9. The first-order chi connectivity index (χ1) is 12.4. The third-order valence-electron chi connectivity index (χ3n) is 4.63. The predicted molar refractivity (Wildman–Crippen MR) is 107 cm³/mol. The first kappa shape index (κ1) is 17.3. The van der Waals surface area contributed by atoms with Crippen molar-refractivity contribution in [2.24, 2.45) is 5.10 Å². The van der Waals surface area contributed by atoms with Crippen LogP contribution in [-0.2, 0) is 16.4 Å². The zero-order valence-corrected chi connectivity index (χ0v) is 16.6. The SMILES string of the molecule is Cc1ccc(S(=O)(=O)N/N=C2/CCCc3c2[nH]c2ccc(Br)cc32)cc1. The number of nitrogens with zero attached hydrogens (tertiary/aromatic N) is 1. The number of fused-ring (bicyclic) bond motifs is 3. The van der Waals surface area contributed by atoms with Gasteiger partial charge < -0.3 is 4.98 Å². The van der Waals surface area contributed by atoms with Crippen LogP contribution < -0.4 is 4.83 Å². The van der Waals surface area contributed by atoms with E-state index in [4.69, 9.17) is 0 Å². The van der Waals surface area contributed by atoms with Crippen LogP contribution in [0, 0.1) is 6.92 Å². The summed E-state index contributed by atoms with van der Waals surface area (Å²) in [5.41, 5.74) is 4.91. The number of nitrogens with one attached hydrogen (secondary N) is 2. The summed E-state index contributed by atoms with van der Waals surface area (Å²) in [6, 6.07) is 12.8. The van der Waals surface area contributed by atoms with E-state index in [9.17, 15) is 8.42 Å². The lowest BCUT2D eigenvalue weighted by Gasteiger charge is -2.14. The summed E-state index contributed by atoms with van der Waals surface area (Å²) >= 11 is 3.51. The Hall–Kier alpha value is -2.12. The minimum absolute atomic E-state index is 0.212. The number of rotatable bonds is 3. The van der Waals surface area contributed by atoms with Crippen molar-refractivity contribution in [3.8, 4) is 0 Å². The van der Waals surface area contributed by atoms with Crippen LogP contribution in [0.5, 0.6) is 0 Å². The van der Waals surface area contributed by atoms with E-state index in [1.54, 1.807) is 24.3 Å². The minimum atomic E-state index is -3.67. The molecule has 4 rings (SSSR count). The standard InChI is InChI=1S/C19H18BrN3O2S/c1-12-5-8-14(9-6-12)26(24,25)23-22-18-4-2-3-15-16-11-13(20)7-10-17(16)21-19(15)18/h5-11,21,23H,2-4H2,1H3/b22-18-. The number of H-pyrrole nitrogens is 1. The van der Waals surface area contributed by atoms with Gasteiger partial charge in [-0.05, 0) is 62.1 Å². The van der Waals surface area contributed by atoms with Gasteiger partial charge in [-0.3, -0.25) is 0 Å². The Morgan fingerprint density at radius 1 is 1.12 bits per heavy atom. The van der Waals surface area contributed by atoms with Crippen molar-refractivity contribution in [1.82, 2.24) is 9.82 Å². The molecule has 5 nitrogen and oxygen atoms in total. The number of hydrogen-bond acceptors (Lipinski definition) is 3. The summed E-state index contributed by atoms with van der Waals surface area (Å²) in [7, 11) is -3.67. The molecule has 0 radical (unpaired) electrons. The molecular formula is C19H18BrN3O2S. The number of hydrogen-bond donors (Lipinski definition) is 2. The van der Waals surface area contributed by atoms with Gasteiger partial charge in [0.25, 0.3) is 10.0 Å². The smallest absolute Gasteiger partial charge is 0.276 e. The topological polar surface area (TPSA) is 74.3 Å². The molecule has 0 fully saturated rings. The predicted octanol–water partition coefficient (Wildman–Crippen LogP) is 4.26. The molecule has 0 aliphatic heterocycles. The maximum atomic E-state index is 12.5. The molecule has 2 N–H and O–H groups in total. The molecule has 1 aliphatic rings. The fourth-order valence-corrected chi connectivity index (χ4v) is 4.47. The maximum absolute atomic E-state index is 12.5. The summed E-state index contributed by atoms with van der Waals surface area (Å²) in [4.78, 5) is 5.99. The summed E-state index contributed by atoms with van der Waals surface area (Å²) in [5.74, 6) is 0. The van der Waals surface area contributed by atoms with Gasteiger partial charge >= 0.3 is 0 Å². The van der Waals surface area contributed by atoms with Gasteiger partial charge in [0.15, 0.2) is 0 Å². The Morgan fingerprint density at radius 2 is 1.88 bits per heavy atom. The summed E-state index contributed by atoms with van der Waals surface area (Å²) in [5, 5.41) is 5.40. The largest absolute Gasteiger partial charge is 0.353 e. The zero-order chi connectivity index (χ0) is 18.3. The van der Waals surface area contributed by atoms with E-state index >= 15 is 0 Å². The lowest BCUT2D eigenvalue weighted by Crippen LogP contribution is -2.22. The van der Waals surface area contributed by atoms with Crippen LogP contribution >= 0.6 is 15.9 Å². The van der Waals surface area contributed by atoms with Crippen LogP contribution in [0.25, 0.3) is 10.9 Å². The summed E-state index contributed by atoms with van der Waals surface area (Å²) in [6.45, 7) is 1.92. The Kier molecular flexibility index (Phi) is 4.36. The minimum Gasteiger partial charge on any atom is -0.353 e. The number of aromatic amines is 1. The molecule has 2 aromatic carbocycles. The van der Waals surface area contributed by atoms with Crippen molar-refractivity contribution in [2.45, 2.75) is 31.1 Å². The maximum Gasteiger partial charge on any atom is 0.276 e. The van der Waals surface area contributed by atoms with E-state index < -0.39 is 10.0 Å². The molecule has 3 aromatic rings. The van der Waals surface area contributed by atoms with E-state index in [-0.39, 0.29) is 4.90 Å². The molecular weight excluding hydrogens is 414 g/mol. The number of hydrazone groups is 1. The third-order valence-corrected chi connectivity index (χ3v) is 6.35. The highest BCUT2D eigenvalue weighted by molar-refractivity contribution is 9.10. The normalized spacial score (nSPS) is 16.0. The van der Waals surface area contributed by atoms with Gasteiger partial charge in [-0.1, -0.05) is 33.6 Å². The van der Waals surface area contributed by atoms with Crippen molar-refractivity contribution in [2.75, 3.05) is 0 Å². The first-order valence-electron chi connectivity index (χ1n) is 8.39. The molecule has 1 heterocycles. The zero-order valence-electron chi connectivity index (χ0n) is 14.2. The molecule has 134 valence electrons. The number of sulfonamides is 1. The summed E-state index contributed by atoms with van der Waals surface area (Å²) in [6.07, 6.45) is 2.63. The molecule has 7 heteroatoms. The van der Waals surface area contributed by atoms with Gasteiger partial charge in [0.2, 0.25) is 0 Å². The molecule has 0 spiro atoms. The second-order valence-corrected chi connectivity index (χ2v) is 9.06. The molecule has 1 aromatic heterocycles. The Labute approximate surface area is 160 Å². The van der Waals surface area contributed by atoms with Gasteiger partial charge in [-0.2, -0.15) is 18.4 Å². The van der Waals surface area contributed by atoms with E-state index in [1.165, 1.54) is 5.56 Å². The Bertz CT molecular complexity index is 1120. The second kappa shape index (κ2) is 6.55. The Morgan fingerprint density at radius 3 is 2.65 bits per heavy atom. The monoisotopic (exact) mass is 431 g/mol. The van der Waals surface area contributed by atoms with Crippen LogP contribution in [0.1, 0.15) is 29.7 Å². The number of benzene rings is 2. The fraction of sp³-hybridized carbons (Fsp3) is 0.211. The molecule has 0 atom stereocenters. The van der Waals surface area contributed by atoms with E-state index in [0.717, 1.165) is 51.6 Å². The molecule has 0 amide bonds. The fourth-order valence-electron chi connectivity index (χ4n) is 3.28. The van der Waals surface area contributed by atoms with E-state index in [1.807, 2.05) is 19.1 Å². The lowest BCUT2D eigenvalue weighted by atomic mass is 9.94. The van der Waals surface area contributed by atoms with Gasteiger partial charge in [-0.15, -0.1) is 0 Å². The van der Waals surface area contributed by atoms with Crippen molar-refractivity contribution in [3.05, 3.63) is 63.8 Å². The van der Waals surface area contributed by atoms with E-state index in [0.29, 0.717) is 0 Å². The average molecular weight is 432 g/mol. The molecule has 1 aliphatic carbocycles. The third kappa shape index (κ3) is 3.17. The molecule has 0 unspecified atom stereocenters. The highest BCUT2D eigenvalue weighted by Crippen LogP contribution is 2.31. The first-order valence-corrected chi connectivity index (χ1v) is 10.7. The van der Waals surface area contributed by atoms with Gasteiger partial charge in [0, 0.05) is 15.4 Å². The van der Waals surface area contributed by atoms with Crippen LogP contribution in [0.4, 0.5) is 0 Å². The van der Waals surface area contributed by atoms with Gasteiger partial charge in [0.1, 0.15) is 0 Å². The average Bonchev–Trinajstić information content (AvgIpc) is 2.99. The summed E-state index contributed by atoms with van der Waals surface area (Å²) < 4.78 is 26.0. The number of aromatic nitrogens is 1. The van der Waals surface area contributed by atoms with Crippen LogP contribution in [-0.4, -0.2) is 19.1 Å². The lowest BCUT2D eigenvalue weighted by molar-refractivity contribution is 0.584. The van der Waals surface area contributed by atoms with Crippen molar-refractivity contribution >= 4 is 42.6 Å². The molecule has 0 saturated heterocycles. The van der Waals surface area contributed by atoms with Crippen molar-refractivity contribution in [3.63, 3.8) is 0 Å². The van der Waals surface area contributed by atoms with Crippen LogP contribution in [0.3, 0.4) is 0 Å². The van der Waals surface area contributed by atoms with Crippen molar-refractivity contribution in [1.29, 1.82) is 0 Å². The number of halogens is 1. The second-order valence-electron chi connectivity index (χ2n) is 6.49. The molecule has 0 bridgehead atoms. The van der Waals surface area contributed by atoms with Crippen LogP contribution in [0.15, 0.2) is 56.9 Å². The van der Waals surface area contributed by atoms with Gasteiger partial charge in [0.05, 0.1) is 16.3 Å². The molecule has 0 saturated carbocycles.